The molecule has 1 atom stereocenters. The summed E-state index contributed by atoms with van der Waals surface area (Å²) in [6, 6.07) is 11.5. The summed E-state index contributed by atoms with van der Waals surface area (Å²) in [5.74, 6) is -0.0803. The highest BCUT2D eigenvalue weighted by atomic mass is 127. The number of pyridine rings is 1. The van der Waals surface area contributed by atoms with Crippen molar-refractivity contribution in [3.63, 3.8) is 0 Å². The third-order valence-corrected chi connectivity index (χ3v) is 4.41. The summed E-state index contributed by atoms with van der Waals surface area (Å²) in [5, 5.41) is 0. The van der Waals surface area contributed by atoms with Crippen molar-refractivity contribution in [2.24, 2.45) is 0 Å². The second-order valence-corrected chi connectivity index (χ2v) is 5.36. The summed E-state index contributed by atoms with van der Waals surface area (Å²) >= 11 is 2.23. The van der Waals surface area contributed by atoms with Crippen molar-refractivity contribution in [2.75, 3.05) is 0 Å². The fraction of sp³-hybridized carbons (Fsp3) is 0.200. The summed E-state index contributed by atoms with van der Waals surface area (Å²) in [7, 11) is 0. The van der Waals surface area contributed by atoms with Crippen LogP contribution in [0.5, 0.6) is 0 Å². The Balaban J connectivity index is 2.35. The molecule has 2 nitrogen and oxygen atoms in total. The van der Waals surface area contributed by atoms with Gasteiger partial charge in [0.05, 0.1) is 11.6 Å². The SMILES string of the molecule is Cc1cccc(C(=O)C(C)c2ccccn2)c1I. The highest BCUT2D eigenvalue weighted by molar-refractivity contribution is 14.1. The molecule has 0 aliphatic heterocycles. The lowest BCUT2D eigenvalue weighted by Crippen LogP contribution is -2.12. The van der Waals surface area contributed by atoms with Gasteiger partial charge >= 0.3 is 0 Å². The molecule has 2 aromatic rings. The number of ketones is 1. The van der Waals surface area contributed by atoms with Gasteiger partial charge in [0.25, 0.3) is 0 Å². The molecule has 0 amide bonds. The van der Waals surface area contributed by atoms with Gasteiger partial charge in [-0.1, -0.05) is 24.3 Å². The van der Waals surface area contributed by atoms with E-state index in [2.05, 4.69) is 27.6 Å². The van der Waals surface area contributed by atoms with Crippen LogP contribution in [0, 0.1) is 10.5 Å². The molecular weight excluding hydrogens is 337 g/mol. The largest absolute Gasteiger partial charge is 0.293 e. The number of aromatic nitrogens is 1. The van der Waals surface area contributed by atoms with Gasteiger partial charge in [0.2, 0.25) is 0 Å². The normalized spacial score (nSPS) is 12.2. The first-order chi connectivity index (χ1) is 8.61. The van der Waals surface area contributed by atoms with Gasteiger partial charge in [0.15, 0.2) is 5.78 Å². The molecule has 0 fully saturated rings. The van der Waals surface area contributed by atoms with E-state index in [4.69, 9.17) is 0 Å². The van der Waals surface area contributed by atoms with Crippen LogP contribution in [-0.2, 0) is 0 Å². The molecule has 0 radical (unpaired) electrons. The van der Waals surface area contributed by atoms with Crippen molar-refractivity contribution < 1.29 is 4.79 Å². The Kier molecular flexibility index (Phi) is 4.11. The van der Waals surface area contributed by atoms with Crippen LogP contribution in [0.2, 0.25) is 0 Å². The average molecular weight is 351 g/mol. The van der Waals surface area contributed by atoms with Crippen molar-refractivity contribution in [3.05, 3.63) is 63.0 Å². The van der Waals surface area contributed by atoms with Crippen molar-refractivity contribution in [1.29, 1.82) is 0 Å². The zero-order valence-corrected chi connectivity index (χ0v) is 12.5. The molecular formula is C15H14INO. The minimum Gasteiger partial charge on any atom is -0.293 e. The fourth-order valence-corrected chi connectivity index (χ4v) is 2.46. The Morgan fingerprint density at radius 2 is 2.00 bits per heavy atom. The van der Waals surface area contributed by atoms with E-state index >= 15 is 0 Å². The molecule has 0 N–H and O–H groups in total. The number of aryl methyl sites for hydroxylation is 1. The number of carbonyl (C=O) groups excluding carboxylic acids is 1. The predicted octanol–water partition coefficient (Wildman–Crippen LogP) is 3.98. The van der Waals surface area contributed by atoms with Crippen LogP contribution < -0.4 is 0 Å². The molecule has 92 valence electrons. The molecule has 0 aliphatic rings. The highest BCUT2D eigenvalue weighted by Gasteiger charge is 2.20. The van der Waals surface area contributed by atoms with E-state index in [0.717, 1.165) is 20.4 Å². The number of hydrogen-bond donors (Lipinski definition) is 0. The van der Waals surface area contributed by atoms with E-state index in [1.54, 1.807) is 6.20 Å². The Hall–Kier alpha value is -1.23. The lowest BCUT2D eigenvalue weighted by atomic mass is 9.95. The Bertz CT molecular complexity index is 566. The maximum atomic E-state index is 12.5. The van der Waals surface area contributed by atoms with Crippen LogP contribution in [0.3, 0.4) is 0 Å². The molecule has 18 heavy (non-hydrogen) atoms. The van der Waals surface area contributed by atoms with E-state index in [9.17, 15) is 4.79 Å². The number of carbonyl (C=O) groups is 1. The number of hydrogen-bond acceptors (Lipinski definition) is 2. The summed E-state index contributed by atoms with van der Waals surface area (Å²) in [4.78, 5) is 16.7. The van der Waals surface area contributed by atoms with Crippen LogP contribution in [-0.4, -0.2) is 10.8 Å². The third-order valence-electron chi connectivity index (χ3n) is 2.98. The number of halogens is 1. The molecule has 1 aromatic carbocycles. The molecule has 1 aromatic heterocycles. The van der Waals surface area contributed by atoms with Crippen molar-refractivity contribution >= 4 is 28.4 Å². The van der Waals surface area contributed by atoms with Gasteiger partial charge in [0, 0.05) is 15.3 Å². The second kappa shape index (κ2) is 5.61. The molecule has 0 bridgehead atoms. The first kappa shape index (κ1) is 13.2. The van der Waals surface area contributed by atoms with Crippen molar-refractivity contribution in [1.82, 2.24) is 4.98 Å². The second-order valence-electron chi connectivity index (χ2n) is 4.28. The van der Waals surface area contributed by atoms with Gasteiger partial charge in [-0.05, 0) is 54.1 Å². The van der Waals surface area contributed by atoms with Gasteiger partial charge in [0.1, 0.15) is 0 Å². The molecule has 0 saturated heterocycles. The van der Waals surface area contributed by atoms with Crippen molar-refractivity contribution in [3.8, 4) is 0 Å². The molecule has 0 spiro atoms. The maximum absolute atomic E-state index is 12.5. The fourth-order valence-electron chi connectivity index (χ4n) is 1.84. The first-order valence-electron chi connectivity index (χ1n) is 5.81. The molecule has 3 heteroatoms. The Morgan fingerprint density at radius 3 is 2.67 bits per heavy atom. The lowest BCUT2D eigenvalue weighted by molar-refractivity contribution is 0.0963. The van der Waals surface area contributed by atoms with Gasteiger partial charge in [-0.3, -0.25) is 9.78 Å². The molecule has 2 rings (SSSR count). The average Bonchev–Trinajstić information content (AvgIpc) is 2.41. The predicted molar refractivity (Wildman–Crippen MR) is 80.9 cm³/mol. The zero-order chi connectivity index (χ0) is 13.1. The smallest absolute Gasteiger partial charge is 0.172 e. The molecule has 1 unspecified atom stereocenters. The highest BCUT2D eigenvalue weighted by Crippen LogP contribution is 2.23. The van der Waals surface area contributed by atoms with Crippen LogP contribution in [0.4, 0.5) is 0 Å². The van der Waals surface area contributed by atoms with Crippen LogP contribution in [0.15, 0.2) is 42.6 Å². The quantitative estimate of drug-likeness (QED) is 0.619. The molecule has 1 heterocycles. The monoisotopic (exact) mass is 351 g/mol. The first-order valence-corrected chi connectivity index (χ1v) is 6.89. The summed E-state index contributed by atoms with van der Waals surface area (Å²) in [6.45, 7) is 3.92. The summed E-state index contributed by atoms with van der Waals surface area (Å²) < 4.78 is 1.03. The van der Waals surface area contributed by atoms with Crippen molar-refractivity contribution in [2.45, 2.75) is 19.8 Å². The zero-order valence-electron chi connectivity index (χ0n) is 10.4. The minimum absolute atomic E-state index is 0.127. The van der Waals surface area contributed by atoms with E-state index in [1.165, 1.54) is 0 Å². The standard InChI is InChI=1S/C15H14INO/c1-10-6-5-7-12(14(10)16)15(18)11(2)13-8-3-4-9-17-13/h3-9,11H,1-2H3. The van der Waals surface area contributed by atoms with E-state index < -0.39 is 0 Å². The Labute approximate surface area is 121 Å². The third kappa shape index (κ3) is 2.61. The molecule has 0 aliphatic carbocycles. The number of Topliss-reactive ketones (excluding diaryl/α,β-unsaturated/α-hetero) is 1. The van der Waals surface area contributed by atoms with E-state index in [0.29, 0.717) is 0 Å². The van der Waals surface area contributed by atoms with E-state index in [1.807, 2.05) is 50.2 Å². The summed E-state index contributed by atoms with van der Waals surface area (Å²) in [6.07, 6.45) is 1.72. The van der Waals surface area contributed by atoms with Gasteiger partial charge in [-0.2, -0.15) is 0 Å². The maximum Gasteiger partial charge on any atom is 0.172 e. The van der Waals surface area contributed by atoms with Crippen LogP contribution in [0.25, 0.3) is 0 Å². The number of benzene rings is 1. The number of rotatable bonds is 3. The van der Waals surface area contributed by atoms with E-state index in [-0.39, 0.29) is 11.7 Å². The lowest BCUT2D eigenvalue weighted by Gasteiger charge is -2.12. The van der Waals surface area contributed by atoms with Gasteiger partial charge < -0.3 is 0 Å². The molecule has 0 saturated carbocycles. The van der Waals surface area contributed by atoms with Crippen LogP contribution in [0.1, 0.15) is 34.5 Å². The summed E-state index contributed by atoms with van der Waals surface area (Å²) in [5.41, 5.74) is 2.74. The van der Waals surface area contributed by atoms with Gasteiger partial charge in [-0.15, -0.1) is 0 Å². The number of nitrogens with zero attached hydrogens (tertiary/aromatic N) is 1. The topological polar surface area (TPSA) is 30.0 Å². The van der Waals surface area contributed by atoms with Gasteiger partial charge in [-0.25, -0.2) is 0 Å². The Morgan fingerprint density at radius 1 is 1.22 bits per heavy atom. The minimum atomic E-state index is -0.207. The van der Waals surface area contributed by atoms with Crippen LogP contribution >= 0.6 is 22.6 Å².